The molecule has 30 heavy (non-hydrogen) atoms. The van der Waals surface area contributed by atoms with Crippen LogP contribution in [-0.2, 0) is 13.0 Å². The summed E-state index contributed by atoms with van der Waals surface area (Å²) in [5.74, 6) is 0.672. The summed E-state index contributed by atoms with van der Waals surface area (Å²) in [7, 11) is 0. The van der Waals surface area contributed by atoms with Gasteiger partial charge in [-0.25, -0.2) is 14.5 Å². The highest BCUT2D eigenvalue weighted by Gasteiger charge is 2.07. The first-order chi connectivity index (χ1) is 14.6. The maximum atomic E-state index is 11.2. The van der Waals surface area contributed by atoms with E-state index in [2.05, 4.69) is 60.3 Å². The first-order valence-electron chi connectivity index (χ1n) is 10.3. The number of carbonyl (C=O) groups is 1. The molecule has 0 radical (unpaired) electrons. The molecule has 0 amide bonds. The number of hydrogen-bond acceptors (Lipinski definition) is 3. The van der Waals surface area contributed by atoms with E-state index in [1.807, 2.05) is 22.9 Å². The van der Waals surface area contributed by atoms with Gasteiger partial charge >= 0.3 is 5.97 Å². The molecular formula is C25H27N3O2. The van der Waals surface area contributed by atoms with Crippen molar-refractivity contribution >= 4 is 18.1 Å². The summed E-state index contributed by atoms with van der Waals surface area (Å²) in [5, 5.41) is 13.8. The topological polar surface area (TPSA) is 68.0 Å². The highest BCUT2D eigenvalue weighted by Crippen LogP contribution is 2.14. The molecule has 5 heteroatoms. The Morgan fingerprint density at radius 3 is 2.37 bits per heavy atom. The number of aromatic carboxylic acids is 1. The van der Waals surface area contributed by atoms with E-state index < -0.39 is 5.97 Å². The zero-order chi connectivity index (χ0) is 21.3. The van der Waals surface area contributed by atoms with E-state index in [0.29, 0.717) is 18.5 Å². The highest BCUT2D eigenvalue weighted by atomic mass is 16.4. The van der Waals surface area contributed by atoms with Crippen molar-refractivity contribution < 1.29 is 9.90 Å². The quantitative estimate of drug-likeness (QED) is 0.517. The van der Waals surface area contributed by atoms with Gasteiger partial charge in [-0.1, -0.05) is 62.4 Å². The monoisotopic (exact) mass is 401 g/mol. The van der Waals surface area contributed by atoms with Crippen molar-refractivity contribution in [2.75, 3.05) is 0 Å². The van der Waals surface area contributed by atoms with Gasteiger partial charge < -0.3 is 5.11 Å². The summed E-state index contributed by atoms with van der Waals surface area (Å²) in [6.07, 6.45) is 10.7. The number of allylic oxidation sites excluding steroid dienone is 2. The van der Waals surface area contributed by atoms with E-state index in [1.54, 1.807) is 18.2 Å². The van der Waals surface area contributed by atoms with Crippen molar-refractivity contribution in [3.63, 3.8) is 0 Å². The Bertz CT molecular complexity index is 1050. The van der Waals surface area contributed by atoms with E-state index in [0.717, 1.165) is 41.2 Å². The zero-order valence-electron chi connectivity index (χ0n) is 17.5. The molecule has 1 N–H and O–H groups in total. The minimum Gasteiger partial charge on any atom is -0.478 e. The van der Waals surface area contributed by atoms with Gasteiger partial charge in [0.2, 0.25) is 0 Å². The number of carboxylic acids is 1. The van der Waals surface area contributed by atoms with Gasteiger partial charge in [-0.05, 0) is 60.2 Å². The lowest BCUT2D eigenvalue weighted by Crippen LogP contribution is -2.04. The van der Waals surface area contributed by atoms with E-state index in [1.165, 1.54) is 0 Å². The maximum absolute atomic E-state index is 11.2. The van der Waals surface area contributed by atoms with Crippen LogP contribution in [-0.4, -0.2) is 25.8 Å². The van der Waals surface area contributed by atoms with Crippen molar-refractivity contribution in [3.8, 4) is 0 Å². The fraction of sp³-hybridized carbons (Fsp3) is 0.240. The van der Waals surface area contributed by atoms with E-state index >= 15 is 0 Å². The SMILES string of the molecule is CCC=Cc1nc(C=CCC)n(Cc2ccc(Cc3cccc(C(=O)O)c3)cc2)n1. The van der Waals surface area contributed by atoms with Crippen molar-refractivity contribution in [2.24, 2.45) is 0 Å². The average molecular weight is 402 g/mol. The van der Waals surface area contributed by atoms with Crippen molar-refractivity contribution in [1.29, 1.82) is 0 Å². The summed E-state index contributed by atoms with van der Waals surface area (Å²) >= 11 is 0. The minimum absolute atomic E-state index is 0.316. The lowest BCUT2D eigenvalue weighted by atomic mass is 10.0. The molecule has 5 nitrogen and oxygen atoms in total. The maximum Gasteiger partial charge on any atom is 0.335 e. The molecule has 1 aromatic heterocycles. The number of aromatic nitrogens is 3. The van der Waals surface area contributed by atoms with Crippen molar-refractivity contribution in [1.82, 2.24) is 14.8 Å². The molecule has 0 aliphatic rings. The second-order valence-corrected chi connectivity index (χ2v) is 7.11. The van der Waals surface area contributed by atoms with Crippen LogP contribution in [0.2, 0.25) is 0 Å². The molecular weight excluding hydrogens is 374 g/mol. The molecule has 0 aliphatic heterocycles. The largest absolute Gasteiger partial charge is 0.478 e. The smallest absolute Gasteiger partial charge is 0.335 e. The standard InChI is InChI=1S/C25H27N3O2/c1-3-5-10-23-26-24(11-6-4-2)28(27-23)18-20-14-12-19(13-15-20)16-21-8-7-9-22(17-21)25(29)30/h5-15,17H,3-4,16,18H2,1-2H3,(H,29,30). The summed E-state index contributed by atoms with van der Waals surface area (Å²) in [6, 6.07) is 15.4. The fourth-order valence-electron chi connectivity index (χ4n) is 3.11. The second-order valence-electron chi connectivity index (χ2n) is 7.11. The molecule has 1 heterocycles. The first-order valence-corrected chi connectivity index (χ1v) is 10.3. The van der Waals surface area contributed by atoms with Gasteiger partial charge in [-0.15, -0.1) is 0 Å². The average Bonchev–Trinajstić information content (AvgIpc) is 3.13. The Hall–Kier alpha value is -3.47. The van der Waals surface area contributed by atoms with Crippen LogP contribution in [0.15, 0.2) is 60.7 Å². The van der Waals surface area contributed by atoms with Crippen LogP contribution in [0.3, 0.4) is 0 Å². The molecule has 154 valence electrons. The van der Waals surface area contributed by atoms with E-state index in [4.69, 9.17) is 5.11 Å². The van der Waals surface area contributed by atoms with E-state index in [-0.39, 0.29) is 0 Å². The fourth-order valence-corrected chi connectivity index (χ4v) is 3.11. The van der Waals surface area contributed by atoms with Crippen LogP contribution >= 0.6 is 0 Å². The van der Waals surface area contributed by atoms with Gasteiger partial charge in [-0.2, -0.15) is 5.10 Å². The number of carboxylic acid groups (broad SMARTS) is 1. The molecule has 0 saturated carbocycles. The van der Waals surface area contributed by atoms with E-state index in [9.17, 15) is 4.79 Å². The number of hydrogen-bond donors (Lipinski definition) is 1. The molecule has 0 atom stereocenters. The third-order valence-corrected chi connectivity index (χ3v) is 4.66. The van der Waals surface area contributed by atoms with Gasteiger partial charge in [0.25, 0.3) is 0 Å². The number of benzene rings is 2. The lowest BCUT2D eigenvalue weighted by molar-refractivity contribution is 0.0696. The predicted molar refractivity (Wildman–Crippen MR) is 120 cm³/mol. The molecule has 0 saturated heterocycles. The second kappa shape index (κ2) is 10.3. The van der Waals surface area contributed by atoms with Crippen LogP contribution in [0.5, 0.6) is 0 Å². The number of rotatable bonds is 9. The third kappa shape index (κ3) is 5.77. The Labute approximate surface area is 177 Å². The molecule has 3 aromatic rings. The lowest BCUT2D eigenvalue weighted by Gasteiger charge is -2.07. The Morgan fingerprint density at radius 2 is 1.67 bits per heavy atom. The third-order valence-electron chi connectivity index (χ3n) is 4.66. The van der Waals surface area contributed by atoms with Gasteiger partial charge in [0.1, 0.15) is 0 Å². The predicted octanol–water partition coefficient (Wildman–Crippen LogP) is 5.46. The van der Waals surface area contributed by atoms with Gasteiger partial charge in [0.15, 0.2) is 11.6 Å². The summed E-state index contributed by atoms with van der Waals surface area (Å²) in [4.78, 5) is 15.8. The molecule has 0 aliphatic carbocycles. The molecule has 0 unspecified atom stereocenters. The summed E-state index contributed by atoms with van der Waals surface area (Å²) in [6.45, 7) is 4.83. The highest BCUT2D eigenvalue weighted by molar-refractivity contribution is 5.87. The summed E-state index contributed by atoms with van der Waals surface area (Å²) in [5.41, 5.74) is 3.58. The van der Waals surface area contributed by atoms with Crippen LogP contribution in [0.4, 0.5) is 0 Å². The Morgan fingerprint density at radius 1 is 0.967 bits per heavy atom. The Kier molecular flexibility index (Phi) is 7.33. The molecule has 0 spiro atoms. The minimum atomic E-state index is -0.902. The Balaban J connectivity index is 1.74. The van der Waals surface area contributed by atoms with Gasteiger partial charge in [0.05, 0.1) is 12.1 Å². The molecule has 3 rings (SSSR count). The van der Waals surface area contributed by atoms with Gasteiger partial charge in [-0.3, -0.25) is 0 Å². The van der Waals surface area contributed by atoms with Crippen molar-refractivity contribution in [2.45, 2.75) is 39.7 Å². The van der Waals surface area contributed by atoms with Crippen LogP contribution in [0, 0.1) is 0 Å². The summed E-state index contributed by atoms with van der Waals surface area (Å²) < 4.78 is 1.92. The normalized spacial score (nSPS) is 11.5. The van der Waals surface area contributed by atoms with Crippen LogP contribution in [0.25, 0.3) is 12.2 Å². The van der Waals surface area contributed by atoms with Gasteiger partial charge in [0, 0.05) is 0 Å². The number of nitrogens with zero attached hydrogens (tertiary/aromatic N) is 3. The molecule has 0 bridgehead atoms. The first kappa shape index (κ1) is 21.2. The molecule has 0 fully saturated rings. The van der Waals surface area contributed by atoms with Crippen LogP contribution < -0.4 is 0 Å². The molecule has 2 aromatic carbocycles. The van der Waals surface area contributed by atoms with Crippen molar-refractivity contribution in [3.05, 3.63) is 94.6 Å². The van der Waals surface area contributed by atoms with Crippen LogP contribution in [0.1, 0.15) is 65.4 Å². The zero-order valence-corrected chi connectivity index (χ0v) is 17.5.